The van der Waals surface area contributed by atoms with Crippen LogP contribution >= 0.6 is 23.1 Å². The minimum Gasteiger partial charge on any atom is -0.312 e. The van der Waals surface area contributed by atoms with Gasteiger partial charge in [-0.05, 0) is 55.7 Å². The lowest BCUT2D eigenvalue weighted by molar-refractivity contribution is 0.102. The van der Waals surface area contributed by atoms with Gasteiger partial charge in [-0.3, -0.25) is 4.79 Å². The molecule has 1 N–H and O–H groups in total. The molecule has 1 aromatic carbocycles. The number of carbonyl (C=O) groups is 1. The van der Waals surface area contributed by atoms with Crippen LogP contribution in [0.15, 0.2) is 29.2 Å². The second kappa shape index (κ2) is 6.55. The van der Waals surface area contributed by atoms with Crippen molar-refractivity contribution in [2.75, 3.05) is 11.6 Å². The summed E-state index contributed by atoms with van der Waals surface area (Å²) >= 11 is 3.17. The van der Waals surface area contributed by atoms with E-state index in [9.17, 15) is 10.1 Å². The molecule has 3 rings (SSSR count). The molecule has 3 nitrogen and oxygen atoms in total. The van der Waals surface area contributed by atoms with Crippen molar-refractivity contribution < 1.29 is 4.79 Å². The van der Waals surface area contributed by atoms with Gasteiger partial charge in [0.15, 0.2) is 0 Å². The highest BCUT2D eigenvalue weighted by molar-refractivity contribution is 7.98. The zero-order valence-corrected chi connectivity index (χ0v) is 13.9. The Kier molecular flexibility index (Phi) is 4.51. The number of nitrogens with one attached hydrogen (secondary N) is 1. The Morgan fingerprint density at radius 1 is 1.36 bits per heavy atom. The van der Waals surface area contributed by atoms with Gasteiger partial charge < -0.3 is 5.32 Å². The van der Waals surface area contributed by atoms with Gasteiger partial charge in [0, 0.05) is 15.3 Å². The summed E-state index contributed by atoms with van der Waals surface area (Å²) in [7, 11) is 0. The Balaban J connectivity index is 1.88. The topological polar surface area (TPSA) is 52.9 Å². The third kappa shape index (κ3) is 2.90. The first-order valence-corrected chi connectivity index (χ1v) is 9.27. The number of thiophene rings is 1. The molecule has 0 fully saturated rings. The van der Waals surface area contributed by atoms with Gasteiger partial charge in [-0.2, -0.15) is 5.26 Å². The van der Waals surface area contributed by atoms with Crippen LogP contribution in [0.2, 0.25) is 0 Å². The van der Waals surface area contributed by atoms with E-state index < -0.39 is 0 Å². The van der Waals surface area contributed by atoms with Crippen molar-refractivity contribution in [2.24, 2.45) is 0 Å². The van der Waals surface area contributed by atoms with Gasteiger partial charge in [0.1, 0.15) is 11.1 Å². The number of carbonyl (C=O) groups excluding carboxylic acids is 1. The van der Waals surface area contributed by atoms with E-state index in [2.05, 4.69) is 11.4 Å². The van der Waals surface area contributed by atoms with E-state index in [-0.39, 0.29) is 5.91 Å². The highest BCUT2D eigenvalue weighted by atomic mass is 32.2. The van der Waals surface area contributed by atoms with Crippen LogP contribution in [-0.2, 0) is 12.8 Å². The lowest BCUT2D eigenvalue weighted by atomic mass is 9.96. The third-order valence-electron chi connectivity index (χ3n) is 3.84. The minimum atomic E-state index is -0.147. The fourth-order valence-corrected chi connectivity index (χ4v) is 4.41. The van der Waals surface area contributed by atoms with Crippen LogP contribution in [0, 0.1) is 11.3 Å². The highest BCUT2D eigenvalue weighted by Gasteiger charge is 2.22. The molecule has 1 aliphatic rings. The van der Waals surface area contributed by atoms with Crippen molar-refractivity contribution >= 4 is 34.0 Å². The molecule has 0 aliphatic heterocycles. The molecule has 1 aromatic heterocycles. The highest BCUT2D eigenvalue weighted by Crippen LogP contribution is 2.37. The standard InChI is InChI=1S/C17H16N2OS2/c1-21-12-6-4-5-11(9-12)16(20)19-17-14(10-18)13-7-2-3-8-15(13)22-17/h4-6,9H,2-3,7-8H2,1H3,(H,19,20). The first-order chi connectivity index (χ1) is 10.7. The first kappa shape index (κ1) is 15.1. The second-order valence-corrected chi connectivity index (χ2v) is 7.20. The van der Waals surface area contributed by atoms with Gasteiger partial charge >= 0.3 is 0 Å². The van der Waals surface area contributed by atoms with Crippen LogP contribution in [0.4, 0.5) is 5.00 Å². The number of nitrogens with zero attached hydrogens (tertiary/aromatic N) is 1. The molecule has 0 spiro atoms. The lowest BCUT2D eigenvalue weighted by Gasteiger charge is -2.09. The second-order valence-electron chi connectivity index (χ2n) is 5.21. The summed E-state index contributed by atoms with van der Waals surface area (Å²) in [6.07, 6.45) is 6.25. The number of benzene rings is 1. The van der Waals surface area contributed by atoms with Crippen molar-refractivity contribution in [2.45, 2.75) is 30.6 Å². The maximum atomic E-state index is 12.4. The Hall–Kier alpha value is -1.77. The van der Waals surface area contributed by atoms with Gasteiger partial charge in [-0.25, -0.2) is 0 Å². The molecule has 2 aromatic rings. The lowest BCUT2D eigenvalue weighted by Crippen LogP contribution is -2.11. The molecule has 0 atom stereocenters. The van der Waals surface area contributed by atoms with Crippen LogP contribution in [0.1, 0.15) is 39.2 Å². The number of aryl methyl sites for hydroxylation is 1. The molecule has 0 radical (unpaired) electrons. The van der Waals surface area contributed by atoms with Gasteiger partial charge in [0.2, 0.25) is 0 Å². The summed E-state index contributed by atoms with van der Waals surface area (Å²) in [4.78, 5) is 14.8. The average Bonchev–Trinajstić information content (AvgIpc) is 2.91. The van der Waals surface area contributed by atoms with Gasteiger partial charge in [0.05, 0.1) is 5.56 Å². The first-order valence-electron chi connectivity index (χ1n) is 7.23. The molecule has 22 heavy (non-hydrogen) atoms. The number of hydrogen-bond donors (Lipinski definition) is 1. The molecule has 0 bridgehead atoms. The Labute approximate surface area is 138 Å². The predicted molar refractivity (Wildman–Crippen MR) is 91.9 cm³/mol. The SMILES string of the molecule is CSc1cccc(C(=O)Nc2sc3c(c2C#N)CCCC3)c1. The normalized spacial score (nSPS) is 13.3. The Morgan fingerprint density at radius 2 is 2.18 bits per heavy atom. The summed E-state index contributed by atoms with van der Waals surface area (Å²) < 4.78 is 0. The number of anilines is 1. The van der Waals surface area contributed by atoms with E-state index in [1.165, 1.54) is 11.3 Å². The van der Waals surface area contributed by atoms with E-state index in [1.54, 1.807) is 29.2 Å². The monoisotopic (exact) mass is 328 g/mol. The number of fused-ring (bicyclic) bond motifs is 1. The molecule has 0 unspecified atom stereocenters. The van der Waals surface area contributed by atoms with Crippen molar-refractivity contribution in [3.8, 4) is 6.07 Å². The van der Waals surface area contributed by atoms with Crippen LogP contribution in [-0.4, -0.2) is 12.2 Å². The van der Waals surface area contributed by atoms with Gasteiger partial charge in [-0.15, -0.1) is 23.1 Å². The van der Waals surface area contributed by atoms with Crippen molar-refractivity contribution in [3.05, 3.63) is 45.8 Å². The number of amides is 1. The molecule has 112 valence electrons. The molecular weight excluding hydrogens is 312 g/mol. The smallest absolute Gasteiger partial charge is 0.256 e. The average molecular weight is 328 g/mol. The van der Waals surface area contributed by atoms with E-state index in [0.29, 0.717) is 16.1 Å². The van der Waals surface area contributed by atoms with Crippen LogP contribution in [0.5, 0.6) is 0 Å². The largest absolute Gasteiger partial charge is 0.312 e. The fraction of sp³-hybridized carbons (Fsp3) is 0.294. The quantitative estimate of drug-likeness (QED) is 0.846. The van der Waals surface area contributed by atoms with Crippen molar-refractivity contribution in [1.82, 2.24) is 0 Å². The van der Waals surface area contributed by atoms with Crippen molar-refractivity contribution in [1.29, 1.82) is 5.26 Å². The van der Waals surface area contributed by atoms with E-state index in [1.807, 2.05) is 24.5 Å². The summed E-state index contributed by atoms with van der Waals surface area (Å²) in [6, 6.07) is 9.81. The molecule has 1 amide bonds. The summed E-state index contributed by atoms with van der Waals surface area (Å²) in [5, 5.41) is 13.1. The molecule has 0 saturated carbocycles. The van der Waals surface area contributed by atoms with E-state index in [0.717, 1.165) is 29.7 Å². The number of rotatable bonds is 3. The van der Waals surface area contributed by atoms with Crippen LogP contribution < -0.4 is 5.32 Å². The molecule has 1 heterocycles. The fourth-order valence-electron chi connectivity index (χ4n) is 2.71. The maximum Gasteiger partial charge on any atom is 0.256 e. The Morgan fingerprint density at radius 3 is 2.95 bits per heavy atom. The van der Waals surface area contributed by atoms with E-state index in [4.69, 9.17) is 0 Å². The third-order valence-corrected chi connectivity index (χ3v) is 5.77. The maximum absolute atomic E-state index is 12.4. The predicted octanol–water partition coefficient (Wildman–Crippen LogP) is 4.47. The Bertz CT molecular complexity index is 759. The number of thioether (sulfide) groups is 1. The van der Waals surface area contributed by atoms with E-state index >= 15 is 0 Å². The summed E-state index contributed by atoms with van der Waals surface area (Å²) in [5.74, 6) is -0.147. The van der Waals surface area contributed by atoms with Gasteiger partial charge in [0.25, 0.3) is 5.91 Å². The molecular formula is C17H16N2OS2. The molecule has 1 aliphatic carbocycles. The number of hydrogen-bond acceptors (Lipinski definition) is 4. The van der Waals surface area contributed by atoms with Crippen molar-refractivity contribution in [3.63, 3.8) is 0 Å². The minimum absolute atomic E-state index is 0.147. The van der Waals surface area contributed by atoms with Crippen LogP contribution in [0.3, 0.4) is 0 Å². The van der Waals surface area contributed by atoms with Crippen LogP contribution in [0.25, 0.3) is 0 Å². The summed E-state index contributed by atoms with van der Waals surface area (Å²) in [6.45, 7) is 0. The zero-order chi connectivity index (χ0) is 15.5. The van der Waals surface area contributed by atoms with Gasteiger partial charge in [-0.1, -0.05) is 6.07 Å². The molecule has 0 saturated heterocycles. The molecule has 5 heteroatoms. The number of nitriles is 1. The zero-order valence-electron chi connectivity index (χ0n) is 12.3. The summed E-state index contributed by atoms with van der Waals surface area (Å²) in [5.41, 5.74) is 2.43.